The van der Waals surface area contributed by atoms with E-state index in [-0.39, 0.29) is 0 Å². The van der Waals surface area contributed by atoms with Crippen molar-refractivity contribution >= 4 is 0 Å². The molecule has 112 valence electrons. The van der Waals surface area contributed by atoms with E-state index in [1.54, 1.807) is 0 Å². The first-order valence-electron chi connectivity index (χ1n) is 8.46. The van der Waals surface area contributed by atoms with Crippen molar-refractivity contribution in [1.29, 1.82) is 0 Å². The molecule has 2 unspecified atom stereocenters. The van der Waals surface area contributed by atoms with Crippen LogP contribution in [0.1, 0.15) is 69.7 Å². The molecule has 0 amide bonds. The molecular weight excluding hydrogens is 246 g/mol. The molecule has 1 aromatic heterocycles. The van der Waals surface area contributed by atoms with E-state index in [1.807, 2.05) is 0 Å². The number of aromatic nitrogens is 2. The van der Waals surface area contributed by atoms with Crippen LogP contribution in [-0.4, -0.2) is 16.1 Å². The van der Waals surface area contributed by atoms with E-state index in [0.717, 1.165) is 31.8 Å². The molecule has 3 rings (SSSR count). The van der Waals surface area contributed by atoms with Crippen LogP contribution < -0.4 is 5.32 Å². The average molecular weight is 275 g/mol. The summed E-state index contributed by atoms with van der Waals surface area (Å²) in [5.74, 6) is 2.85. The van der Waals surface area contributed by atoms with Crippen LogP contribution in [0.15, 0.2) is 0 Å². The molecule has 3 nitrogen and oxygen atoms in total. The molecular formula is C17H29N3. The highest BCUT2D eigenvalue weighted by Crippen LogP contribution is 2.37. The Balaban J connectivity index is 1.99. The van der Waals surface area contributed by atoms with E-state index in [2.05, 4.69) is 30.7 Å². The van der Waals surface area contributed by atoms with Gasteiger partial charge in [-0.05, 0) is 24.7 Å². The molecule has 1 saturated carbocycles. The van der Waals surface area contributed by atoms with E-state index < -0.39 is 0 Å². The topological polar surface area (TPSA) is 29.9 Å². The maximum Gasteiger partial charge on any atom is 0.109 e. The van der Waals surface area contributed by atoms with Crippen molar-refractivity contribution in [2.45, 2.75) is 71.9 Å². The van der Waals surface area contributed by atoms with Gasteiger partial charge >= 0.3 is 0 Å². The van der Waals surface area contributed by atoms with Gasteiger partial charge in [0.1, 0.15) is 5.82 Å². The maximum atomic E-state index is 5.00. The van der Waals surface area contributed by atoms with Crippen molar-refractivity contribution in [2.75, 3.05) is 6.54 Å². The summed E-state index contributed by atoms with van der Waals surface area (Å²) in [6.45, 7) is 9.13. The molecule has 3 heteroatoms. The van der Waals surface area contributed by atoms with Gasteiger partial charge in [0.15, 0.2) is 0 Å². The molecule has 0 saturated heterocycles. The molecule has 1 aliphatic carbocycles. The van der Waals surface area contributed by atoms with Crippen LogP contribution in [0.25, 0.3) is 0 Å². The fourth-order valence-electron chi connectivity index (χ4n) is 3.97. The number of hydrogen-bond acceptors (Lipinski definition) is 2. The molecule has 1 N–H and O–H groups in total. The normalized spacial score (nSPS) is 26.8. The summed E-state index contributed by atoms with van der Waals surface area (Å²) in [5, 5.41) is 3.47. The zero-order chi connectivity index (χ0) is 14.1. The third kappa shape index (κ3) is 2.65. The smallest absolute Gasteiger partial charge is 0.109 e. The minimum atomic E-state index is 0.685. The van der Waals surface area contributed by atoms with Crippen molar-refractivity contribution in [2.24, 2.45) is 11.8 Å². The minimum absolute atomic E-state index is 0.685. The monoisotopic (exact) mass is 275 g/mol. The predicted octanol–water partition coefficient (Wildman–Crippen LogP) is 3.48. The van der Waals surface area contributed by atoms with Crippen molar-refractivity contribution < 1.29 is 0 Å². The van der Waals surface area contributed by atoms with Gasteiger partial charge in [-0.2, -0.15) is 0 Å². The first-order valence-corrected chi connectivity index (χ1v) is 8.46. The SMILES string of the molecule is CC(C)Cc1nc2c(n1C1CCCCC1C)CCNC2. The molecule has 2 atom stereocenters. The van der Waals surface area contributed by atoms with Crippen molar-refractivity contribution in [3.63, 3.8) is 0 Å². The van der Waals surface area contributed by atoms with Crippen LogP contribution in [0.2, 0.25) is 0 Å². The molecule has 1 aromatic rings. The molecule has 20 heavy (non-hydrogen) atoms. The van der Waals surface area contributed by atoms with Gasteiger partial charge in [0, 0.05) is 37.7 Å². The van der Waals surface area contributed by atoms with E-state index in [0.29, 0.717) is 12.0 Å². The van der Waals surface area contributed by atoms with Crippen molar-refractivity contribution in [3.8, 4) is 0 Å². The third-order valence-corrected chi connectivity index (χ3v) is 4.99. The Labute approximate surface area is 123 Å². The number of nitrogens with zero attached hydrogens (tertiary/aromatic N) is 2. The second-order valence-corrected chi connectivity index (χ2v) is 7.15. The Morgan fingerprint density at radius 3 is 2.85 bits per heavy atom. The largest absolute Gasteiger partial charge is 0.328 e. The molecule has 0 aromatic carbocycles. The van der Waals surface area contributed by atoms with Gasteiger partial charge in [0.2, 0.25) is 0 Å². The van der Waals surface area contributed by atoms with E-state index in [9.17, 15) is 0 Å². The van der Waals surface area contributed by atoms with Gasteiger partial charge in [0.25, 0.3) is 0 Å². The minimum Gasteiger partial charge on any atom is -0.328 e. The Morgan fingerprint density at radius 2 is 2.10 bits per heavy atom. The summed E-state index contributed by atoms with van der Waals surface area (Å²) in [6, 6.07) is 0.701. The lowest BCUT2D eigenvalue weighted by Crippen LogP contribution is -2.29. The molecule has 2 heterocycles. The molecule has 2 aliphatic rings. The number of nitrogens with one attached hydrogen (secondary N) is 1. The average Bonchev–Trinajstić information content (AvgIpc) is 2.76. The number of imidazole rings is 1. The van der Waals surface area contributed by atoms with Crippen LogP contribution in [0.4, 0.5) is 0 Å². The molecule has 0 bridgehead atoms. The van der Waals surface area contributed by atoms with Crippen LogP contribution in [-0.2, 0) is 19.4 Å². The first-order chi connectivity index (χ1) is 9.66. The molecule has 1 fully saturated rings. The maximum absolute atomic E-state index is 5.00. The molecule has 0 radical (unpaired) electrons. The van der Waals surface area contributed by atoms with Crippen LogP contribution >= 0.6 is 0 Å². The second kappa shape index (κ2) is 5.88. The first kappa shape index (κ1) is 14.1. The highest BCUT2D eigenvalue weighted by molar-refractivity contribution is 5.22. The lowest BCUT2D eigenvalue weighted by Gasteiger charge is -2.33. The Bertz CT molecular complexity index is 461. The Morgan fingerprint density at radius 1 is 1.30 bits per heavy atom. The van der Waals surface area contributed by atoms with Crippen LogP contribution in [0.3, 0.4) is 0 Å². The second-order valence-electron chi connectivity index (χ2n) is 7.15. The van der Waals surface area contributed by atoms with Crippen LogP contribution in [0.5, 0.6) is 0 Å². The van der Waals surface area contributed by atoms with Gasteiger partial charge in [-0.3, -0.25) is 0 Å². The van der Waals surface area contributed by atoms with Crippen molar-refractivity contribution in [1.82, 2.24) is 14.9 Å². The summed E-state index contributed by atoms with van der Waals surface area (Å²) in [7, 11) is 0. The fraction of sp³-hybridized carbons (Fsp3) is 0.824. The van der Waals surface area contributed by atoms with E-state index in [1.165, 1.54) is 42.9 Å². The fourth-order valence-corrected chi connectivity index (χ4v) is 3.97. The molecule has 1 aliphatic heterocycles. The van der Waals surface area contributed by atoms with Gasteiger partial charge in [0.05, 0.1) is 5.69 Å². The highest BCUT2D eigenvalue weighted by atomic mass is 15.1. The zero-order valence-electron chi connectivity index (χ0n) is 13.3. The van der Waals surface area contributed by atoms with Gasteiger partial charge in [-0.1, -0.05) is 33.6 Å². The quantitative estimate of drug-likeness (QED) is 0.915. The number of hydrogen-bond donors (Lipinski definition) is 1. The van der Waals surface area contributed by atoms with E-state index in [4.69, 9.17) is 4.98 Å². The van der Waals surface area contributed by atoms with Crippen LogP contribution in [0, 0.1) is 11.8 Å². The van der Waals surface area contributed by atoms with Gasteiger partial charge in [-0.15, -0.1) is 0 Å². The standard InChI is InChI=1S/C17H29N3/c1-12(2)10-17-19-14-11-18-9-8-16(14)20(17)15-7-5-4-6-13(15)3/h12-13,15,18H,4-11H2,1-3H3. The third-order valence-electron chi connectivity index (χ3n) is 4.99. The highest BCUT2D eigenvalue weighted by Gasteiger charge is 2.29. The summed E-state index contributed by atoms with van der Waals surface area (Å²) in [4.78, 5) is 5.00. The summed E-state index contributed by atoms with van der Waals surface area (Å²) in [6.07, 6.45) is 7.82. The van der Waals surface area contributed by atoms with Gasteiger partial charge in [-0.25, -0.2) is 4.98 Å². The predicted molar refractivity (Wildman–Crippen MR) is 82.8 cm³/mol. The summed E-state index contributed by atoms with van der Waals surface area (Å²) in [5.41, 5.74) is 2.86. The zero-order valence-corrected chi connectivity index (χ0v) is 13.3. The number of rotatable bonds is 3. The Kier molecular flexibility index (Phi) is 4.16. The lowest BCUT2D eigenvalue weighted by atomic mass is 9.85. The lowest BCUT2D eigenvalue weighted by molar-refractivity contribution is 0.246. The van der Waals surface area contributed by atoms with Crippen molar-refractivity contribution in [3.05, 3.63) is 17.2 Å². The molecule has 0 spiro atoms. The van der Waals surface area contributed by atoms with E-state index >= 15 is 0 Å². The Hall–Kier alpha value is -0.830. The summed E-state index contributed by atoms with van der Waals surface area (Å²) >= 11 is 0. The summed E-state index contributed by atoms with van der Waals surface area (Å²) < 4.78 is 2.67. The van der Waals surface area contributed by atoms with Gasteiger partial charge < -0.3 is 9.88 Å². The number of fused-ring (bicyclic) bond motifs is 1.